The van der Waals surface area contributed by atoms with Gasteiger partial charge >= 0.3 is 0 Å². The normalized spacial score (nSPS) is 20.4. The molecule has 1 saturated carbocycles. The maximum Gasteiger partial charge on any atom is 0.279 e. The second kappa shape index (κ2) is 6.39. The van der Waals surface area contributed by atoms with Gasteiger partial charge in [0.15, 0.2) is 11.3 Å². The van der Waals surface area contributed by atoms with E-state index in [0.717, 1.165) is 43.5 Å². The third-order valence-electron chi connectivity index (χ3n) is 6.47. The average molecular weight is 425 g/mol. The van der Waals surface area contributed by atoms with Crippen LogP contribution in [0.4, 0.5) is 0 Å². The lowest BCUT2D eigenvalue weighted by Gasteiger charge is -2.17. The summed E-state index contributed by atoms with van der Waals surface area (Å²) >= 11 is 6.56. The Morgan fingerprint density at radius 1 is 1.30 bits per heavy atom. The van der Waals surface area contributed by atoms with Gasteiger partial charge in [-0.1, -0.05) is 29.8 Å². The van der Waals surface area contributed by atoms with Crippen LogP contribution in [-0.2, 0) is 16.7 Å². The lowest BCUT2D eigenvalue weighted by Crippen LogP contribution is -2.29. The van der Waals surface area contributed by atoms with E-state index in [1.54, 1.807) is 21.8 Å². The maximum absolute atomic E-state index is 13.8. The molecule has 154 valence electrons. The monoisotopic (exact) mass is 424 g/mol. The summed E-state index contributed by atoms with van der Waals surface area (Å²) in [5.41, 5.74) is 2.87. The second-order valence-electron chi connectivity index (χ2n) is 8.54. The molecule has 3 aromatic heterocycles. The van der Waals surface area contributed by atoms with E-state index in [1.165, 1.54) is 0 Å². The molecule has 4 aromatic rings. The fourth-order valence-corrected chi connectivity index (χ4v) is 4.75. The first-order valence-electron chi connectivity index (χ1n) is 10.3. The lowest BCUT2D eigenvalue weighted by molar-refractivity contribution is 0.0973. The Hall–Kier alpha value is -2.71. The molecule has 8 nitrogen and oxygen atoms in total. The molecule has 1 aromatic carbocycles. The molecule has 6 rings (SSSR count). The van der Waals surface area contributed by atoms with Gasteiger partial charge in [0.05, 0.1) is 40.6 Å². The number of rotatable bonds is 4. The van der Waals surface area contributed by atoms with Crippen LogP contribution in [0.1, 0.15) is 38.3 Å². The van der Waals surface area contributed by atoms with Crippen LogP contribution in [0.25, 0.3) is 22.4 Å². The van der Waals surface area contributed by atoms with Crippen molar-refractivity contribution >= 4 is 28.2 Å². The number of hydrogen-bond donors (Lipinski definition) is 0. The van der Waals surface area contributed by atoms with Gasteiger partial charge in [0, 0.05) is 12.0 Å². The highest BCUT2D eigenvalue weighted by atomic mass is 35.5. The molecule has 0 N–H and O–H groups in total. The number of imidazole rings is 1. The largest absolute Gasteiger partial charge is 0.376 e. The van der Waals surface area contributed by atoms with E-state index < -0.39 is 0 Å². The predicted octanol–water partition coefficient (Wildman–Crippen LogP) is 3.11. The molecule has 0 spiro atoms. The zero-order chi connectivity index (χ0) is 20.5. The van der Waals surface area contributed by atoms with Crippen molar-refractivity contribution in [1.29, 1.82) is 0 Å². The number of aromatic nitrogens is 6. The highest BCUT2D eigenvalue weighted by Gasteiger charge is 2.43. The minimum absolute atomic E-state index is 0.00306. The summed E-state index contributed by atoms with van der Waals surface area (Å²) in [5, 5.41) is 8.93. The van der Waals surface area contributed by atoms with Crippen molar-refractivity contribution in [3.05, 3.63) is 51.8 Å². The number of fused-ring (bicyclic) bond motifs is 3. The molecular weight excluding hydrogens is 404 g/mol. The molecule has 2 aliphatic rings. The van der Waals surface area contributed by atoms with Crippen molar-refractivity contribution < 1.29 is 4.74 Å². The first-order valence-corrected chi connectivity index (χ1v) is 10.7. The summed E-state index contributed by atoms with van der Waals surface area (Å²) in [7, 11) is 0. The van der Waals surface area contributed by atoms with E-state index in [-0.39, 0.29) is 17.1 Å². The van der Waals surface area contributed by atoms with E-state index >= 15 is 0 Å². The van der Waals surface area contributed by atoms with Crippen LogP contribution >= 0.6 is 11.6 Å². The molecule has 1 atom stereocenters. The van der Waals surface area contributed by atoms with E-state index in [2.05, 4.69) is 22.2 Å². The summed E-state index contributed by atoms with van der Waals surface area (Å²) in [4.78, 5) is 18.4. The van der Waals surface area contributed by atoms with E-state index in [0.29, 0.717) is 28.4 Å². The summed E-state index contributed by atoms with van der Waals surface area (Å²) in [5.74, 6) is 0.503. The Morgan fingerprint density at radius 2 is 2.17 bits per heavy atom. The highest BCUT2D eigenvalue weighted by Crippen LogP contribution is 2.47. The molecule has 1 saturated heterocycles. The van der Waals surface area contributed by atoms with E-state index in [1.807, 2.05) is 22.6 Å². The number of halogens is 1. The van der Waals surface area contributed by atoms with Crippen LogP contribution in [0.3, 0.4) is 0 Å². The van der Waals surface area contributed by atoms with Crippen LogP contribution in [-0.4, -0.2) is 41.7 Å². The zero-order valence-electron chi connectivity index (χ0n) is 16.6. The van der Waals surface area contributed by atoms with E-state index in [4.69, 9.17) is 16.3 Å². The number of hydrogen-bond acceptors (Lipinski definition) is 5. The molecular formula is C21H21ClN6O2. The first-order chi connectivity index (χ1) is 14.6. The van der Waals surface area contributed by atoms with Crippen molar-refractivity contribution in [2.75, 3.05) is 6.61 Å². The third kappa shape index (κ3) is 2.56. The van der Waals surface area contributed by atoms with Crippen LogP contribution < -0.4 is 5.56 Å². The minimum atomic E-state index is -0.152. The molecule has 30 heavy (non-hydrogen) atoms. The van der Waals surface area contributed by atoms with Gasteiger partial charge in [0.2, 0.25) is 0 Å². The lowest BCUT2D eigenvalue weighted by atomic mass is 10.1. The van der Waals surface area contributed by atoms with Gasteiger partial charge < -0.3 is 9.30 Å². The number of para-hydroxylation sites is 1. The van der Waals surface area contributed by atoms with Crippen LogP contribution in [0, 0.1) is 0 Å². The summed E-state index contributed by atoms with van der Waals surface area (Å²) in [6, 6.07) is 5.65. The minimum Gasteiger partial charge on any atom is -0.376 e. The van der Waals surface area contributed by atoms with Gasteiger partial charge in [0.25, 0.3) is 5.56 Å². The molecule has 4 heterocycles. The fraction of sp³-hybridized carbons (Fsp3) is 0.429. The van der Waals surface area contributed by atoms with Gasteiger partial charge in [-0.3, -0.25) is 9.20 Å². The highest BCUT2D eigenvalue weighted by molar-refractivity contribution is 6.35. The standard InChI is InChI=1S/C21H21ClN6O2/c1-21(7-8-21)16-10-24-25-28(16)19-18-20(29)26(11-13-4-3-9-30-13)17-14(22)5-2-6-15(17)27(18)12-23-19/h2,5-6,10,12-13H,3-4,7-9,11H2,1H3. The molecule has 9 heteroatoms. The van der Waals surface area contributed by atoms with Crippen molar-refractivity contribution in [3.63, 3.8) is 0 Å². The topological polar surface area (TPSA) is 79.2 Å². The van der Waals surface area contributed by atoms with Crippen molar-refractivity contribution in [1.82, 2.24) is 28.9 Å². The van der Waals surface area contributed by atoms with Gasteiger partial charge in [-0.2, -0.15) is 4.68 Å². The first kappa shape index (κ1) is 18.1. The van der Waals surface area contributed by atoms with E-state index in [9.17, 15) is 4.79 Å². The van der Waals surface area contributed by atoms with Gasteiger partial charge in [-0.15, -0.1) is 5.10 Å². The van der Waals surface area contributed by atoms with Gasteiger partial charge in [-0.25, -0.2) is 4.98 Å². The second-order valence-corrected chi connectivity index (χ2v) is 8.94. The number of benzene rings is 1. The number of nitrogens with zero attached hydrogens (tertiary/aromatic N) is 6. The smallest absolute Gasteiger partial charge is 0.279 e. The Morgan fingerprint density at radius 3 is 2.93 bits per heavy atom. The zero-order valence-corrected chi connectivity index (χ0v) is 17.3. The third-order valence-corrected chi connectivity index (χ3v) is 6.77. The fourth-order valence-electron chi connectivity index (χ4n) is 4.48. The predicted molar refractivity (Wildman–Crippen MR) is 112 cm³/mol. The SMILES string of the molecule is CC1(c2cnnn2-c2ncn3c2c(=O)n(CC2CCCO2)c2c(Cl)cccc23)CC1. The molecule has 1 aliphatic carbocycles. The molecule has 0 bridgehead atoms. The summed E-state index contributed by atoms with van der Waals surface area (Å²) in [6.45, 7) is 3.37. The Labute approximate surface area is 177 Å². The van der Waals surface area contributed by atoms with Crippen LogP contribution in [0.2, 0.25) is 5.02 Å². The van der Waals surface area contributed by atoms with Crippen LogP contribution in [0.5, 0.6) is 0 Å². The Balaban J connectivity index is 1.65. The quantitative estimate of drug-likeness (QED) is 0.503. The Bertz CT molecular complexity index is 1340. The Kier molecular flexibility index (Phi) is 3.85. The molecule has 0 amide bonds. The summed E-state index contributed by atoms with van der Waals surface area (Å²) < 4.78 is 11.1. The molecule has 1 aliphatic heterocycles. The van der Waals surface area contributed by atoms with Crippen molar-refractivity contribution in [3.8, 4) is 5.82 Å². The van der Waals surface area contributed by atoms with Crippen LogP contribution in [0.15, 0.2) is 35.5 Å². The van der Waals surface area contributed by atoms with Crippen molar-refractivity contribution in [2.45, 2.75) is 50.7 Å². The average Bonchev–Trinajstić information content (AvgIpc) is 3.22. The van der Waals surface area contributed by atoms with Gasteiger partial charge in [-0.05, 0) is 37.8 Å². The van der Waals surface area contributed by atoms with Crippen molar-refractivity contribution in [2.24, 2.45) is 0 Å². The number of ether oxygens (including phenoxy) is 1. The summed E-state index contributed by atoms with van der Waals surface area (Å²) in [6.07, 6.45) is 7.54. The molecule has 2 fully saturated rings. The van der Waals surface area contributed by atoms with Gasteiger partial charge in [0.1, 0.15) is 6.33 Å². The maximum atomic E-state index is 13.8. The molecule has 1 unspecified atom stereocenters. The molecule has 0 radical (unpaired) electrons.